The number of hydrogen-bond acceptors (Lipinski definition) is 5. The third-order valence-corrected chi connectivity index (χ3v) is 3.53. The fraction of sp³-hybridized carbons (Fsp3) is 0. The van der Waals surface area contributed by atoms with Crippen molar-refractivity contribution in [3.63, 3.8) is 0 Å². The van der Waals surface area contributed by atoms with Crippen LogP contribution in [-0.4, -0.2) is 28.4 Å². The van der Waals surface area contributed by atoms with Gasteiger partial charge in [-0.1, -0.05) is 18.2 Å². The summed E-state index contributed by atoms with van der Waals surface area (Å²) in [5.74, 6) is -0.813. The van der Waals surface area contributed by atoms with E-state index in [0.29, 0.717) is 22.8 Å². The van der Waals surface area contributed by atoms with Crippen LogP contribution in [0.3, 0.4) is 0 Å². The number of nitrogens with one attached hydrogen (secondary N) is 2. The van der Waals surface area contributed by atoms with Crippen LogP contribution in [-0.2, 0) is 0 Å². The molecule has 27 heavy (non-hydrogen) atoms. The highest BCUT2D eigenvalue weighted by atomic mass is 16.4. The first kappa shape index (κ1) is 17.7. The third-order valence-electron chi connectivity index (χ3n) is 3.53. The topological polar surface area (TPSA) is 124 Å². The van der Waals surface area contributed by atoms with Crippen molar-refractivity contribution >= 4 is 23.9 Å². The zero-order chi connectivity index (χ0) is 19.2. The molecule has 2 amide bonds. The van der Waals surface area contributed by atoms with Crippen LogP contribution < -0.4 is 10.7 Å². The van der Waals surface area contributed by atoms with Gasteiger partial charge in [-0.2, -0.15) is 5.10 Å². The molecule has 0 saturated heterocycles. The summed E-state index contributed by atoms with van der Waals surface area (Å²) < 4.78 is 5.55. The molecule has 1 heterocycles. The average molecular weight is 365 g/mol. The van der Waals surface area contributed by atoms with Crippen molar-refractivity contribution in [2.24, 2.45) is 5.10 Å². The van der Waals surface area contributed by atoms with E-state index < -0.39 is 12.0 Å². The summed E-state index contributed by atoms with van der Waals surface area (Å²) in [6.07, 6.45) is 1.31. The number of carbonyl (C=O) groups is 2. The van der Waals surface area contributed by atoms with Gasteiger partial charge in [-0.05, 0) is 42.5 Å². The summed E-state index contributed by atoms with van der Waals surface area (Å²) >= 11 is 0. The number of benzene rings is 2. The predicted octanol–water partition coefficient (Wildman–Crippen LogP) is 3.51. The van der Waals surface area contributed by atoms with E-state index in [0.717, 1.165) is 0 Å². The van der Waals surface area contributed by atoms with Crippen molar-refractivity contribution in [2.75, 3.05) is 5.32 Å². The van der Waals surface area contributed by atoms with Crippen LogP contribution in [0, 0.1) is 0 Å². The van der Waals surface area contributed by atoms with E-state index in [2.05, 4.69) is 15.8 Å². The smallest absolute Gasteiger partial charge is 0.339 e. The van der Waals surface area contributed by atoms with Gasteiger partial charge in [0.25, 0.3) is 0 Å². The number of anilines is 1. The zero-order valence-corrected chi connectivity index (χ0v) is 13.9. The van der Waals surface area contributed by atoms with Gasteiger partial charge in [0.05, 0.1) is 6.21 Å². The third kappa shape index (κ3) is 4.51. The van der Waals surface area contributed by atoms with Crippen molar-refractivity contribution in [3.8, 4) is 17.1 Å². The van der Waals surface area contributed by atoms with Crippen molar-refractivity contribution < 1.29 is 24.2 Å². The molecule has 1 aromatic heterocycles. The fourth-order valence-electron chi connectivity index (χ4n) is 2.27. The van der Waals surface area contributed by atoms with Gasteiger partial charge in [0.15, 0.2) is 0 Å². The fourth-order valence-corrected chi connectivity index (χ4v) is 2.27. The number of carbonyl (C=O) groups excluding carboxylic acids is 1. The van der Waals surface area contributed by atoms with E-state index in [1.165, 1.54) is 24.4 Å². The van der Waals surface area contributed by atoms with Crippen molar-refractivity contribution in [2.45, 2.75) is 0 Å². The molecule has 0 fully saturated rings. The summed E-state index contributed by atoms with van der Waals surface area (Å²) in [5.41, 5.74) is 3.20. The first-order valence-electron chi connectivity index (χ1n) is 7.84. The maximum absolute atomic E-state index is 11.7. The van der Waals surface area contributed by atoms with Gasteiger partial charge in [-0.3, -0.25) is 0 Å². The van der Waals surface area contributed by atoms with Crippen molar-refractivity contribution in [3.05, 3.63) is 72.0 Å². The van der Waals surface area contributed by atoms with Crippen molar-refractivity contribution in [1.82, 2.24) is 5.43 Å². The SMILES string of the molecule is O=C(N/N=C\c1ccc(-c2ccc(O)c(C(=O)O)c2)o1)Nc1ccccc1. The van der Waals surface area contributed by atoms with E-state index >= 15 is 0 Å². The number of para-hydroxylation sites is 1. The number of amides is 2. The molecule has 3 rings (SSSR count). The number of furan rings is 1. The molecule has 8 heteroatoms. The lowest BCUT2D eigenvalue weighted by atomic mass is 10.1. The van der Waals surface area contributed by atoms with Gasteiger partial charge < -0.3 is 19.9 Å². The van der Waals surface area contributed by atoms with Gasteiger partial charge in [-0.15, -0.1) is 0 Å². The first-order chi connectivity index (χ1) is 13.0. The van der Waals surface area contributed by atoms with Gasteiger partial charge >= 0.3 is 12.0 Å². The minimum atomic E-state index is -1.24. The zero-order valence-electron chi connectivity index (χ0n) is 13.9. The number of urea groups is 1. The molecule has 0 unspecified atom stereocenters. The number of aromatic carboxylic acids is 1. The Hall–Kier alpha value is -4.07. The number of carboxylic acids is 1. The first-order valence-corrected chi connectivity index (χ1v) is 7.84. The largest absolute Gasteiger partial charge is 0.507 e. The number of hydrazone groups is 1. The van der Waals surface area contributed by atoms with Crippen LogP contribution in [0.1, 0.15) is 16.1 Å². The van der Waals surface area contributed by atoms with Gasteiger partial charge in [0.2, 0.25) is 0 Å². The average Bonchev–Trinajstić information content (AvgIpc) is 3.11. The molecular formula is C19H15N3O5. The number of carboxylic acid groups (broad SMARTS) is 1. The molecule has 0 aliphatic rings. The highest BCUT2D eigenvalue weighted by molar-refractivity contribution is 5.92. The number of rotatable bonds is 5. The molecule has 8 nitrogen and oxygen atoms in total. The van der Waals surface area contributed by atoms with Crippen molar-refractivity contribution in [1.29, 1.82) is 0 Å². The van der Waals surface area contributed by atoms with Gasteiger partial charge in [0, 0.05) is 11.3 Å². The number of nitrogens with zero attached hydrogens (tertiary/aromatic N) is 1. The molecule has 0 radical (unpaired) electrons. The number of phenols is 1. The number of hydrogen-bond donors (Lipinski definition) is 4. The lowest BCUT2D eigenvalue weighted by Crippen LogP contribution is -2.24. The second-order valence-corrected chi connectivity index (χ2v) is 5.43. The summed E-state index contributed by atoms with van der Waals surface area (Å²) in [7, 11) is 0. The molecular weight excluding hydrogens is 350 g/mol. The maximum Gasteiger partial charge on any atom is 0.339 e. The Balaban J connectivity index is 1.64. The molecule has 3 aromatic rings. The number of aromatic hydroxyl groups is 1. The Bertz CT molecular complexity index is 996. The second-order valence-electron chi connectivity index (χ2n) is 5.43. The lowest BCUT2D eigenvalue weighted by molar-refractivity contribution is 0.0693. The maximum atomic E-state index is 11.7. The normalized spacial score (nSPS) is 10.7. The van der Waals surface area contributed by atoms with E-state index in [-0.39, 0.29) is 11.3 Å². The summed E-state index contributed by atoms with van der Waals surface area (Å²) in [4.78, 5) is 22.8. The van der Waals surface area contributed by atoms with Crippen LogP contribution in [0.25, 0.3) is 11.3 Å². The molecule has 0 aliphatic heterocycles. The summed E-state index contributed by atoms with van der Waals surface area (Å²) in [6, 6.07) is 15.8. The Kier molecular flexibility index (Phi) is 5.17. The van der Waals surface area contributed by atoms with E-state index in [9.17, 15) is 14.7 Å². The Morgan fingerprint density at radius 2 is 1.81 bits per heavy atom. The molecule has 136 valence electrons. The summed E-state index contributed by atoms with van der Waals surface area (Å²) in [6.45, 7) is 0. The molecule has 0 saturated carbocycles. The quantitative estimate of drug-likeness (QED) is 0.407. The Morgan fingerprint density at radius 1 is 1.04 bits per heavy atom. The molecule has 0 aliphatic carbocycles. The van der Waals surface area contributed by atoms with E-state index in [1.54, 1.807) is 36.4 Å². The van der Waals surface area contributed by atoms with Crippen LogP contribution >= 0.6 is 0 Å². The molecule has 0 spiro atoms. The van der Waals surface area contributed by atoms with E-state index in [1.807, 2.05) is 6.07 Å². The summed E-state index contributed by atoms with van der Waals surface area (Å²) in [5, 5.41) is 25.0. The highest BCUT2D eigenvalue weighted by Crippen LogP contribution is 2.27. The van der Waals surface area contributed by atoms with Crippen LogP contribution in [0.15, 0.2) is 70.2 Å². The standard InChI is InChI=1S/C19H15N3O5/c23-16-8-6-12(10-15(16)18(24)25)17-9-7-14(27-17)11-20-22-19(26)21-13-4-2-1-3-5-13/h1-11,23H,(H,24,25)(H2,21,22,26)/b20-11-. The minimum Gasteiger partial charge on any atom is -0.507 e. The second kappa shape index (κ2) is 7.87. The Labute approximate surface area is 153 Å². The monoisotopic (exact) mass is 365 g/mol. The van der Waals surface area contributed by atoms with Crippen LogP contribution in [0.4, 0.5) is 10.5 Å². The minimum absolute atomic E-state index is 0.224. The predicted molar refractivity (Wildman–Crippen MR) is 99.0 cm³/mol. The molecule has 0 atom stereocenters. The Morgan fingerprint density at radius 3 is 2.56 bits per heavy atom. The highest BCUT2D eigenvalue weighted by Gasteiger charge is 2.12. The lowest BCUT2D eigenvalue weighted by Gasteiger charge is -2.03. The molecule has 2 aromatic carbocycles. The van der Waals surface area contributed by atoms with Gasteiger partial charge in [-0.25, -0.2) is 15.0 Å². The van der Waals surface area contributed by atoms with E-state index in [4.69, 9.17) is 9.52 Å². The molecule has 4 N–H and O–H groups in total. The van der Waals surface area contributed by atoms with Gasteiger partial charge in [0.1, 0.15) is 22.8 Å². The van der Waals surface area contributed by atoms with Crippen LogP contribution in [0.5, 0.6) is 5.75 Å². The molecule has 0 bridgehead atoms. The van der Waals surface area contributed by atoms with Crippen LogP contribution in [0.2, 0.25) is 0 Å².